The van der Waals surface area contributed by atoms with Gasteiger partial charge in [0.25, 0.3) is 5.91 Å². The second kappa shape index (κ2) is 15.8. The maximum absolute atomic E-state index is 13.8. The summed E-state index contributed by atoms with van der Waals surface area (Å²) in [4.78, 5) is 28.2. The molecule has 0 aliphatic carbocycles. The molecule has 9 heteroatoms. The number of ether oxygens (including phenoxy) is 1. The Hall–Kier alpha value is -3.82. The number of amides is 2. The number of benzene rings is 3. The Morgan fingerprint density at radius 1 is 0.927 bits per heavy atom. The van der Waals surface area contributed by atoms with E-state index in [2.05, 4.69) is 10.1 Å². The van der Waals surface area contributed by atoms with Crippen LogP contribution in [0.4, 0.5) is 8.78 Å². The normalized spacial score (nSPS) is 12.6. The average molecular weight is 568 g/mol. The summed E-state index contributed by atoms with van der Waals surface area (Å²) in [5.41, 5.74) is 8.39. The van der Waals surface area contributed by atoms with E-state index >= 15 is 0 Å². The summed E-state index contributed by atoms with van der Waals surface area (Å²) in [5, 5.41) is 14.7. The van der Waals surface area contributed by atoms with Crippen LogP contribution in [0, 0.1) is 0 Å². The van der Waals surface area contributed by atoms with Crippen LogP contribution in [0.25, 0.3) is 0 Å². The third kappa shape index (κ3) is 9.09. The molecule has 0 heterocycles. The van der Waals surface area contributed by atoms with Crippen molar-refractivity contribution in [2.24, 2.45) is 5.73 Å². The first-order valence-electron chi connectivity index (χ1n) is 13.9. The van der Waals surface area contributed by atoms with Crippen LogP contribution in [0.5, 0.6) is 5.75 Å². The minimum atomic E-state index is -2.92. The number of primary amides is 1. The molecule has 3 rings (SSSR count). The van der Waals surface area contributed by atoms with Crippen molar-refractivity contribution >= 4 is 11.8 Å². The number of carbonyl (C=O) groups is 2. The molecule has 2 amide bonds. The number of nitrogens with one attached hydrogen (secondary N) is 1. The van der Waals surface area contributed by atoms with Crippen molar-refractivity contribution in [3.8, 4) is 5.75 Å². The van der Waals surface area contributed by atoms with Crippen LogP contribution in [0.15, 0.2) is 72.8 Å². The average Bonchev–Trinajstić information content (AvgIpc) is 2.95. The SMILES string of the molecule is CCCN(CCC)C(=O)c1cccc(C(N)=O)c1[C@H](Cc1ccccc1)[C@@H](O)CNCc1cccc(OC(F)F)c1. The van der Waals surface area contributed by atoms with Gasteiger partial charge in [0.1, 0.15) is 5.75 Å². The summed E-state index contributed by atoms with van der Waals surface area (Å²) in [6.07, 6.45) is 0.891. The number of nitrogens with zero attached hydrogens (tertiary/aromatic N) is 1. The van der Waals surface area contributed by atoms with Crippen LogP contribution < -0.4 is 15.8 Å². The van der Waals surface area contributed by atoms with Crippen LogP contribution >= 0.6 is 0 Å². The van der Waals surface area contributed by atoms with Crippen molar-refractivity contribution < 1.29 is 28.2 Å². The highest BCUT2D eigenvalue weighted by Gasteiger charge is 2.31. The van der Waals surface area contributed by atoms with Crippen molar-refractivity contribution in [2.75, 3.05) is 19.6 Å². The van der Waals surface area contributed by atoms with E-state index in [0.29, 0.717) is 36.2 Å². The first kappa shape index (κ1) is 31.7. The van der Waals surface area contributed by atoms with Crippen LogP contribution in [-0.4, -0.2) is 54.2 Å². The molecule has 0 aliphatic heterocycles. The molecule has 3 aromatic carbocycles. The smallest absolute Gasteiger partial charge is 0.387 e. The van der Waals surface area contributed by atoms with Crippen molar-refractivity contribution in [3.63, 3.8) is 0 Å². The Morgan fingerprint density at radius 3 is 2.20 bits per heavy atom. The molecule has 0 radical (unpaired) electrons. The Kier molecular flexibility index (Phi) is 12.2. The first-order valence-corrected chi connectivity index (χ1v) is 13.9. The van der Waals surface area contributed by atoms with E-state index in [1.165, 1.54) is 12.1 Å². The third-order valence-corrected chi connectivity index (χ3v) is 6.82. The minimum absolute atomic E-state index is 0.0454. The van der Waals surface area contributed by atoms with E-state index in [4.69, 9.17) is 5.73 Å². The molecule has 0 saturated heterocycles. The first-order chi connectivity index (χ1) is 19.7. The molecular weight excluding hydrogens is 528 g/mol. The maximum atomic E-state index is 13.8. The van der Waals surface area contributed by atoms with E-state index in [0.717, 1.165) is 18.4 Å². The fourth-order valence-electron chi connectivity index (χ4n) is 5.03. The summed E-state index contributed by atoms with van der Waals surface area (Å²) in [6.45, 7) is 2.58. The van der Waals surface area contributed by atoms with Gasteiger partial charge in [0.15, 0.2) is 0 Å². The van der Waals surface area contributed by atoms with Crippen LogP contribution in [0.1, 0.15) is 70.0 Å². The van der Waals surface area contributed by atoms with Gasteiger partial charge in [-0.3, -0.25) is 9.59 Å². The van der Waals surface area contributed by atoms with Gasteiger partial charge in [-0.15, -0.1) is 0 Å². The van der Waals surface area contributed by atoms with Crippen molar-refractivity contribution in [2.45, 2.75) is 58.3 Å². The van der Waals surface area contributed by atoms with Crippen LogP contribution in [0.2, 0.25) is 0 Å². The van der Waals surface area contributed by atoms with Crippen molar-refractivity contribution in [3.05, 3.63) is 101 Å². The predicted molar refractivity (Wildman–Crippen MR) is 155 cm³/mol. The Morgan fingerprint density at radius 2 is 1.56 bits per heavy atom. The quantitative estimate of drug-likeness (QED) is 0.223. The molecule has 3 aromatic rings. The van der Waals surface area contributed by atoms with E-state index in [1.54, 1.807) is 35.2 Å². The van der Waals surface area contributed by atoms with Gasteiger partial charge in [0, 0.05) is 43.2 Å². The van der Waals surface area contributed by atoms with E-state index in [9.17, 15) is 23.5 Å². The lowest BCUT2D eigenvalue weighted by Crippen LogP contribution is -2.37. The van der Waals surface area contributed by atoms with Gasteiger partial charge >= 0.3 is 6.61 Å². The number of aliphatic hydroxyl groups is 1. The lowest BCUT2D eigenvalue weighted by atomic mass is 9.81. The van der Waals surface area contributed by atoms with Gasteiger partial charge < -0.3 is 25.8 Å². The minimum Gasteiger partial charge on any atom is -0.435 e. The molecule has 0 spiro atoms. The summed E-state index contributed by atoms with van der Waals surface area (Å²) >= 11 is 0. The number of nitrogens with two attached hydrogens (primary N) is 1. The zero-order chi connectivity index (χ0) is 29.8. The monoisotopic (exact) mass is 567 g/mol. The number of hydrogen-bond donors (Lipinski definition) is 3. The summed E-state index contributed by atoms with van der Waals surface area (Å²) < 4.78 is 29.7. The Bertz CT molecular complexity index is 1270. The number of rotatable bonds is 16. The van der Waals surface area contributed by atoms with Gasteiger partial charge in [0.2, 0.25) is 5.91 Å². The van der Waals surface area contributed by atoms with Crippen LogP contribution in [-0.2, 0) is 13.0 Å². The molecule has 2 atom stereocenters. The van der Waals surface area contributed by atoms with Crippen molar-refractivity contribution in [1.82, 2.24) is 10.2 Å². The summed E-state index contributed by atoms with van der Waals surface area (Å²) in [6, 6.07) is 20.8. The number of hydrogen-bond acceptors (Lipinski definition) is 5. The van der Waals surface area contributed by atoms with Gasteiger partial charge in [-0.25, -0.2) is 0 Å². The lowest BCUT2D eigenvalue weighted by molar-refractivity contribution is -0.0498. The predicted octanol–water partition coefficient (Wildman–Crippen LogP) is 5.13. The molecule has 0 aromatic heterocycles. The van der Waals surface area contributed by atoms with E-state index < -0.39 is 24.5 Å². The number of alkyl halides is 2. The molecule has 4 N–H and O–H groups in total. The highest BCUT2D eigenvalue weighted by atomic mass is 19.3. The summed E-state index contributed by atoms with van der Waals surface area (Å²) in [5.74, 6) is -1.49. The highest BCUT2D eigenvalue weighted by molar-refractivity contribution is 6.02. The zero-order valence-corrected chi connectivity index (χ0v) is 23.6. The lowest BCUT2D eigenvalue weighted by Gasteiger charge is -2.29. The zero-order valence-electron chi connectivity index (χ0n) is 23.6. The highest BCUT2D eigenvalue weighted by Crippen LogP contribution is 2.32. The van der Waals surface area contributed by atoms with E-state index in [1.807, 2.05) is 44.2 Å². The van der Waals surface area contributed by atoms with Crippen molar-refractivity contribution in [1.29, 1.82) is 0 Å². The Balaban J connectivity index is 1.96. The number of carbonyl (C=O) groups excluding carboxylic acids is 2. The Labute approximate surface area is 240 Å². The second-order valence-electron chi connectivity index (χ2n) is 9.94. The topological polar surface area (TPSA) is 105 Å². The largest absolute Gasteiger partial charge is 0.435 e. The molecule has 41 heavy (non-hydrogen) atoms. The molecule has 0 bridgehead atoms. The van der Waals surface area contributed by atoms with E-state index in [-0.39, 0.29) is 30.3 Å². The molecule has 0 aliphatic rings. The van der Waals surface area contributed by atoms with Gasteiger partial charge in [-0.2, -0.15) is 8.78 Å². The molecule has 220 valence electrons. The molecular formula is C32H39F2N3O4. The number of aliphatic hydroxyl groups excluding tert-OH is 1. The molecule has 0 saturated carbocycles. The van der Waals surface area contributed by atoms with Gasteiger partial charge in [-0.05, 0) is 60.2 Å². The molecule has 0 unspecified atom stereocenters. The maximum Gasteiger partial charge on any atom is 0.387 e. The summed E-state index contributed by atoms with van der Waals surface area (Å²) in [7, 11) is 0. The molecule has 7 nitrogen and oxygen atoms in total. The fourth-order valence-corrected chi connectivity index (χ4v) is 5.03. The van der Waals surface area contributed by atoms with Crippen LogP contribution in [0.3, 0.4) is 0 Å². The van der Waals surface area contributed by atoms with Gasteiger partial charge in [0.05, 0.1) is 6.10 Å². The molecule has 0 fully saturated rings. The number of halogens is 2. The fraction of sp³-hybridized carbons (Fsp3) is 0.375. The van der Waals surface area contributed by atoms with Gasteiger partial charge in [-0.1, -0.05) is 62.4 Å². The second-order valence-corrected chi connectivity index (χ2v) is 9.94. The third-order valence-electron chi connectivity index (χ3n) is 6.82. The standard InChI is InChI=1S/C32H39F2N3O4/c1-3-16-37(17-4-2)31(40)26-15-9-14-25(30(35)39)29(26)27(19-22-10-6-5-7-11-22)28(38)21-36-20-23-12-8-13-24(18-23)41-32(33)34/h5-15,18,27-28,32,36,38H,3-4,16-17,19-21H2,1-2H3,(H2,35,39)/t27-,28+/m1/s1.